The van der Waals surface area contributed by atoms with Crippen LogP contribution >= 0.6 is 0 Å². The minimum absolute atomic E-state index is 0.594. The Morgan fingerprint density at radius 1 is 1.54 bits per heavy atom. The second-order valence-corrected chi connectivity index (χ2v) is 3.39. The van der Waals surface area contributed by atoms with Crippen LogP contribution in [0.25, 0.3) is 0 Å². The molecule has 0 fully saturated rings. The van der Waals surface area contributed by atoms with Gasteiger partial charge in [0.25, 0.3) is 0 Å². The van der Waals surface area contributed by atoms with Gasteiger partial charge in [-0.1, -0.05) is 6.92 Å². The van der Waals surface area contributed by atoms with Crippen LogP contribution in [0.5, 0.6) is 0 Å². The molecule has 0 spiro atoms. The second-order valence-electron chi connectivity index (χ2n) is 3.39. The summed E-state index contributed by atoms with van der Waals surface area (Å²) in [5.74, 6) is 0. The number of anilines is 2. The van der Waals surface area contributed by atoms with Crippen molar-refractivity contribution in [3.05, 3.63) is 18.5 Å². The van der Waals surface area contributed by atoms with Gasteiger partial charge in [0.2, 0.25) is 0 Å². The molecular formula is C10H15N3. The van der Waals surface area contributed by atoms with E-state index in [0.29, 0.717) is 6.04 Å². The summed E-state index contributed by atoms with van der Waals surface area (Å²) in [5, 5.41) is 6.87. The number of hydrogen-bond acceptors (Lipinski definition) is 3. The highest BCUT2D eigenvalue weighted by Gasteiger charge is 2.12. The highest BCUT2D eigenvalue weighted by Crippen LogP contribution is 2.24. The van der Waals surface area contributed by atoms with Gasteiger partial charge >= 0.3 is 0 Å². The molecule has 0 saturated carbocycles. The maximum Gasteiger partial charge on any atom is 0.0762 e. The van der Waals surface area contributed by atoms with Gasteiger partial charge in [0, 0.05) is 18.8 Å². The molecule has 0 aromatic carbocycles. The van der Waals surface area contributed by atoms with Gasteiger partial charge in [-0.15, -0.1) is 0 Å². The molecular weight excluding hydrogens is 162 g/mol. The Bertz CT molecular complexity index is 285. The molecule has 2 heterocycles. The summed E-state index contributed by atoms with van der Waals surface area (Å²) in [6.07, 6.45) is 6.04. The fourth-order valence-corrected chi connectivity index (χ4v) is 1.64. The SMILES string of the molecule is CCC1CCNc2cnccc2N1. The third-order valence-electron chi connectivity index (χ3n) is 2.48. The zero-order valence-electron chi connectivity index (χ0n) is 7.88. The van der Waals surface area contributed by atoms with E-state index in [1.54, 1.807) is 0 Å². The highest BCUT2D eigenvalue weighted by atomic mass is 15.0. The van der Waals surface area contributed by atoms with Gasteiger partial charge in [-0.25, -0.2) is 0 Å². The Balaban J connectivity index is 2.23. The Kier molecular flexibility index (Phi) is 2.34. The van der Waals surface area contributed by atoms with Gasteiger partial charge in [-0.2, -0.15) is 0 Å². The first-order chi connectivity index (χ1) is 6.40. The topological polar surface area (TPSA) is 37.0 Å². The van der Waals surface area contributed by atoms with E-state index in [1.807, 2.05) is 18.5 Å². The van der Waals surface area contributed by atoms with Crippen LogP contribution in [0.4, 0.5) is 11.4 Å². The minimum atomic E-state index is 0.594. The van der Waals surface area contributed by atoms with Crippen LogP contribution in [0, 0.1) is 0 Å². The van der Waals surface area contributed by atoms with E-state index < -0.39 is 0 Å². The largest absolute Gasteiger partial charge is 0.382 e. The van der Waals surface area contributed by atoms with Crippen molar-refractivity contribution in [1.82, 2.24) is 4.98 Å². The number of nitrogens with one attached hydrogen (secondary N) is 2. The van der Waals surface area contributed by atoms with E-state index >= 15 is 0 Å². The van der Waals surface area contributed by atoms with E-state index in [9.17, 15) is 0 Å². The van der Waals surface area contributed by atoms with Crippen LogP contribution in [0.15, 0.2) is 18.5 Å². The molecule has 1 aromatic heterocycles. The lowest BCUT2D eigenvalue weighted by molar-refractivity contribution is 0.661. The predicted molar refractivity (Wildman–Crippen MR) is 55.0 cm³/mol. The summed E-state index contributed by atoms with van der Waals surface area (Å²) in [5.41, 5.74) is 2.30. The molecule has 0 saturated heterocycles. The van der Waals surface area contributed by atoms with Crippen molar-refractivity contribution in [2.75, 3.05) is 17.2 Å². The standard InChI is InChI=1S/C10H15N3/c1-2-8-3-6-12-10-7-11-5-4-9(10)13-8/h4-5,7-8,12-13H,2-3,6H2,1H3. The molecule has 1 unspecified atom stereocenters. The molecule has 1 aliphatic heterocycles. The zero-order chi connectivity index (χ0) is 9.10. The molecule has 70 valence electrons. The number of fused-ring (bicyclic) bond motifs is 1. The summed E-state index contributed by atoms with van der Waals surface area (Å²) in [6.45, 7) is 3.24. The third-order valence-corrected chi connectivity index (χ3v) is 2.48. The maximum atomic E-state index is 4.09. The van der Waals surface area contributed by atoms with Crippen LogP contribution < -0.4 is 10.6 Å². The molecule has 3 nitrogen and oxygen atoms in total. The van der Waals surface area contributed by atoms with Crippen molar-refractivity contribution in [3.63, 3.8) is 0 Å². The van der Waals surface area contributed by atoms with E-state index in [2.05, 4.69) is 22.5 Å². The van der Waals surface area contributed by atoms with Crippen molar-refractivity contribution in [2.45, 2.75) is 25.8 Å². The Morgan fingerprint density at radius 2 is 2.46 bits per heavy atom. The zero-order valence-corrected chi connectivity index (χ0v) is 7.88. The minimum Gasteiger partial charge on any atom is -0.382 e. The van der Waals surface area contributed by atoms with Crippen LogP contribution in [0.2, 0.25) is 0 Å². The summed E-state index contributed by atoms with van der Waals surface area (Å²) in [7, 11) is 0. The molecule has 1 aliphatic rings. The Hall–Kier alpha value is -1.25. The van der Waals surface area contributed by atoms with Gasteiger partial charge in [0.1, 0.15) is 0 Å². The lowest BCUT2D eigenvalue weighted by Gasteiger charge is -2.14. The van der Waals surface area contributed by atoms with Gasteiger partial charge in [-0.3, -0.25) is 4.98 Å². The monoisotopic (exact) mass is 177 g/mol. The van der Waals surface area contributed by atoms with Gasteiger partial charge in [0.05, 0.1) is 17.6 Å². The van der Waals surface area contributed by atoms with Crippen molar-refractivity contribution < 1.29 is 0 Å². The summed E-state index contributed by atoms with van der Waals surface area (Å²) in [4.78, 5) is 4.09. The van der Waals surface area contributed by atoms with Gasteiger partial charge < -0.3 is 10.6 Å². The Labute approximate surface area is 78.6 Å². The average molecular weight is 177 g/mol. The Morgan fingerprint density at radius 3 is 3.31 bits per heavy atom. The van der Waals surface area contributed by atoms with E-state index in [-0.39, 0.29) is 0 Å². The fraction of sp³-hybridized carbons (Fsp3) is 0.500. The first kappa shape index (κ1) is 8.35. The van der Waals surface area contributed by atoms with Gasteiger partial charge in [0.15, 0.2) is 0 Å². The second kappa shape index (κ2) is 3.64. The first-order valence-corrected chi connectivity index (χ1v) is 4.84. The molecule has 0 amide bonds. The van der Waals surface area contributed by atoms with Crippen molar-refractivity contribution >= 4 is 11.4 Å². The lowest BCUT2D eigenvalue weighted by Crippen LogP contribution is -2.18. The van der Waals surface area contributed by atoms with E-state index in [4.69, 9.17) is 0 Å². The number of aromatic nitrogens is 1. The number of rotatable bonds is 1. The molecule has 3 heteroatoms. The van der Waals surface area contributed by atoms with Crippen LogP contribution in [-0.4, -0.2) is 17.6 Å². The quantitative estimate of drug-likeness (QED) is 0.689. The van der Waals surface area contributed by atoms with Crippen molar-refractivity contribution in [2.24, 2.45) is 0 Å². The molecule has 13 heavy (non-hydrogen) atoms. The summed E-state index contributed by atoms with van der Waals surface area (Å²) < 4.78 is 0. The smallest absolute Gasteiger partial charge is 0.0762 e. The first-order valence-electron chi connectivity index (χ1n) is 4.84. The van der Waals surface area contributed by atoms with E-state index in [0.717, 1.165) is 12.2 Å². The van der Waals surface area contributed by atoms with Crippen LogP contribution in [-0.2, 0) is 0 Å². The van der Waals surface area contributed by atoms with Crippen molar-refractivity contribution in [1.29, 1.82) is 0 Å². The lowest BCUT2D eigenvalue weighted by atomic mass is 10.1. The number of nitrogens with zero attached hydrogens (tertiary/aromatic N) is 1. The molecule has 1 aromatic rings. The molecule has 0 radical (unpaired) electrons. The third kappa shape index (κ3) is 1.74. The molecule has 2 rings (SSSR count). The summed E-state index contributed by atoms with van der Waals surface area (Å²) >= 11 is 0. The molecule has 2 N–H and O–H groups in total. The van der Waals surface area contributed by atoms with Crippen LogP contribution in [0.3, 0.4) is 0 Å². The summed E-state index contributed by atoms with van der Waals surface area (Å²) in [6, 6.07) is 2.62. The van der Waals surface area contributed by atoms with E-state index in [1.165, 1.54) is 18.5 Å². The van der Waals surface area contributed by atoms with Crippen molar-refractivity contribution in [3.8, 4) is 0 Å². The predicted octanol–water partition coefficient (Wildman–Crippen LogP) is 2.09. The molecule has 1 atom stereocenters. The highest BCUT2D eigenvalue weighted by molar-refractivity contribution is 5.68. The number of hydrogen-bond donors (Lipinski definition) is 2. The number of pyridine rings is 1. The fourth-order valence-electron chi connectivity index (χ4n) is 1.64. The maximum absolute atomic E-state index is 4.09. The average Bonchev–Trinajstić information content (AvgIpc) is 2.38. The van der Waals surface area contributed by atoms with Gasteiger partial charge in [-0.05, 0) is 18.9 Å². The normalized spacial score (nSPS) is 20.8. The molecule has 0 bridgehead atoms. The molecule has 0 aliphatic carbocycles. The van der Waals surface area contributed by atoms with Crippen LogP contribution in [0.1, 0.15) is 19.8 Å².